The highest BCUT2D eigenvalue weighted by atomic mass is 31.2. The van der Waals surface area contributed by atoms with E-state index < -0.39 is 97.5 Å². The molecule has 0 fully saturated rings. The Balaban J connectivity index is 5.21. The lowest BCUT2D eigenvalue weighted by atomic mass is 9.99. The molecule has 0 aromatic heterocycles. The number of carbonyl (C=O) groups excluding carboxylic acids is 4. The van der Waals surface area contributed by atoms with E-state index in [2.05, 4.69) is 48.5 Å². The topological polar surface area (TPSA) is 237 Å². The summed E-state index contributed by atoms with van der Waals surface area (Å²) in [5.74, 6) is 0.303. The molecule has 582 valence electrons. The van der Waals surface area contributed by atoms with Gasteiger partial charge in [-0.25, -0.2) is 9.13 Å². The molecule has 0 aliphatic heterocycles. The zero-order valence-electron chi connectivity index (χ0n) is 64.3. The van der Waals surface area contributed by atoms with E-state index in [1.807, 2.05) is 0 Å². The van der Waals surface area contributed by atoms with Gasteiger partial charge in [0.2, 0.25) is 0 Å². The van der Waals surface area contributed by atoms with Gasteiger partial charge < -0.3 is 33.8 Å². The fourth-order valence-corrected chi connectivity index (χ4v) is 13.6. The first kappa shape index (κ1) is 96.1. The summed E-state index contributed by atoms with van der Waals surface area (Å²) in [5, 5.41) is 10.6. The van der Waals surface area contributed by atoms with Crippen molar-refractivity contribution in [3.8, 4) is 0 Å². The van der Waals surface area contributed by atoms with Gasteiger partial charge in [-0.05, 0) is 43.4 Å². The number of phosphoric ester groups is 2. The molecule has 0 heterocycles. The van der Waals surface area contributed by atoms with E-state index >= 15 is 0 Å². The summed E-state index contributed by atoms with van der Waals surface area (Å²) in [6.07, 6.45) is 56.8. The molecule has 17 nitrogen and oxygen atoms in total. The number of unbranched alkanes of at least 4 members (excludes halogenated alkanes) is 42. The normalized spacial score (nSPS) is 14.8. The number of esters is 4. The lowest BCUT2D eigenvalue weighted by Crippen LogP contribution is -2.30. The minimum atomic E-state index is -4.96. The van der Waals surface area contributed by atoms with Gasteiger partial charge >= 0.3 is 39.5 Å². The summed E-state index contributed by atoms with van der Waals surface area (Å²) in [4.78, 5) is 72.9. The van der Waals surface area contributed by atoms with Crippen molar-refractivity contribution < 1.29 is 80.2 Å². The van der Waals surface area contributed by atoms with E-state index in [-0.39, 0.29) is 25.7 Å². The Labute approximate surface area is 600 Å². The van der Waals surface area contributed by atoms with Gasteiger partial charge in [0.05, 0.1) is 26.4 Å². The van der Waals surface area contributed by atoms with Crippen molar-refractivity contribution in [1.82, 2.24) is 0 Å². The first-order valence-corrected chi connectivity index (χ1v) is 44.0. The second-order valence-corrected chi connectivity index (χ2v) is 32.1. The van der Waals surface area contributed by atoms with Crippen molar-refractivity contribution in [1.29, 1.82) is 0 Å². The number of rotatable bonds is 77. The molecule has 0 bridgehead atoms. The van der Waals surface area contributed by atoms with Gasteiger partial charge in [-0.3, -0.25) is 37.3 Å². The molecule has 0 aliphatic rings. The highest BCUT2D eigenvalue weighted by molar-refractivity contribution is 7.47. The SMILES string of the molecule is CCCCCCCCCCCCCCC(=O)OC[C@H](COP(=O)(O)OC[C@H](O)COP(=O)(O)OC[C@@H](COC(=O)CCCCCCCCCCC(C)CC)OC(=O)CCCCCCCCCCCCCCCCCCCCC(C)CC)OC(=O)CCCCCCCCCCC(C)CC. The maximum atomic E-state index is 13.1. The molecule has 0 saturated carbocycles. The van der Waals surface area contributed by atoms with Crippen molar-refractivity contribution in [2.45, 2.75) is 426 Å². The van der Waals surface area contributed by atoms with Crippen molar-refractivity contribution in [3.63, 3.8) is 0 Å². The monoisotopic (exact) mass is 1440 g/mol. The third-order valence-corrected chi connectivity index (χ3v) is 21.4. The van der Waals surface area contributed by atoms with Gasteiger partial charge in [0.15, 0.2) is 12.2 Å². The molecule has 5 unspecified atom stereocenters. The molecule has 0 aromatic carbocycles. The number of hydrogen-bond donors (Lipinski definition) is 3. The minimum Gasteiger partial charge on any atom is -0.462 e. The average molecular weight is 1440 g/mol. The quantitative estimate of drug-likeness (QED) is 0.0222. The molecule has 19 heteroatoms. The van der Waals surface area contributed by atoms with Crippen LogP contribution in [0.2, 0.25) is 0 Å². The van der Waals surface area contributed by atoms with Crippen LogP contribution in [0.3, 0.4) is 0 Å². The molecule has 0 rings (SSSR count). The van der Waals surface area contributed by atoms with Crippen LogP contribution in [0.5, 0.6) is 0 Å². The number of carbonyl (C=O) groups is 4. The maximum Gasteiger partial charge on any atom is 0.472 e. The molecule has 98 heavy (non-hydrogen) atoms. The lowest BCUT2D eigenvalue weighted by Gasteiger charge is -2.21. The Bertz CT molecular complexity index is 1910. The zero-order valence-corrected chi connectivity index (χ0v) is 66.0. The molecule has 0 saturated heterocycles. The Morgan fingerprint density at radius 2 is 0.490 bits per heavy atom. The second-order valence-electron chi connectivity index (χ2n) is 29.2. The summed E-state index contributed by atoms with van der Waals surface area (Å²) in [6.45, 7) is 12.0. The molecule has 0 aromatic rings. The van der Waals surface area contributed by atoms with Gasteiger partial charge in [0.25, 0.3) is 0 Å². The molecule has 0 spiro atoms. The number of hydrogen-bond acceptors (Lipinski definition) is 15. The number of aliphatic hydroxyl groups excluding tert-OH is 1. The first-order valence-electron chi connectivity index (χ1n) is 41.0. The first-order chi connectivity index (χ1) is 47.3. The van der Waals surface area contributed by atoms with Gasteiger partial charge in [0, 0.05) is 25.7 Å². The highest BCUT2D eigenvalue weighted by Gasteiger charge is 2.30. The van der Waals surface area contributed by atoms with Crippen LogP contribution < -0.4 is 0 Å². The third-order valence-electron chi connectivity index (χ3n) is 19.5. The minimum absolute atomic E-state index is 0.105. The van der Waals surface area contributed by atoms with Crippen LogP contribution in [0, 0.1) is 17.8 Å². The van der Waals surface area contributed by atoms with Crippen molar-refractivity contribution in [3.05, 3.63) is 0 Å². The summed E-state index contributed by atoms with van der Waals surface area (Å²) in [7, 11) is -9.92. The second kappa shape index (κ2) is 69.4. The Morgan fingerprint density at radius 1 is 0.286 bits per heavy atom. The van der Waals surface area contributed by atoms with Crippen LogP contribution in [0.15, 0.2) is 0 Å². The van der Waals surface area contributed by atoms with Gasteiger partial charge in [0.1, 0.15) is 19.3 Å². The average Bonchev–Trinajstić information content (AvgIpc) is 1.05. The summed E-state index contributed by atoms with van der Waals surface area (Å²) < 4.78 is 68.6. The zero-order chi connectivity index (χ0) is 72.3. The van der Waals surface area contributed by atoms with Gasteiger partial charge in [-0.15, -0.1) is 0 Å². The van der Waals surface area contributed by atoms with Gasteiger partial charge in [-0.2, -0.15) is 0 Å². The number of ether oxygens (including phenoxy) is 4. The molecular weight excluding hydrogens is 1280 g/mol. The fraction of sp³-hybridized carbons (Fsp3) is 0.949. The molecule has 0 radical (unpaired) electrons. The number of phosphoric acid groups is 2. The summed E-state index contributed by atoms with van der Waals surface area (Å²) >= 11 is 0. The van der Waals surface area contributed by atoms with Crippen LogP contribution in [0.25, 0.3) is 0 Å². The number of aliphatic hydroxyl groups is 1. The Hall–Kier alpha value is -1.94. The highest BCUT2D eigenvalue weighted by Crippen LogP contribution is 2.45. The van der Waals surface area contributed by atoms with Gasteiger partial charge in [-0.1, -0.05) is 357 Å². The Kier molecular flexibility index (Phi) is 68.1. The van der Waals surface area contributed by atoms with Crippen LogP contribution >= 0.6 is 15.6 Å². The third kappa shape index (κ3) is 68.5. The summed E-state index contributed by atoms with van der Waals surface area (Å²) in [6, 6.07) is 0. The fourth-order valence-electron chi connectivity index (χ4n) is 12.0. The molecular formula is C79H154O17P2. The Morgan fingerprint density at radius 3 is 0.724 bits per heavy atom. The van der Waals surface area contributed by atoms with Crippen molar-refractivity contribution in [2.24, 2.45) is 17.8 Å². The van der Waals surface area contributed by atoms with E-state index in [9.17, 15) is 43.2 Å². The predicted molar refractivity (Wildman–Crippen MR) is 400 cm³/mol. The molecule has 3 N–H and O–H groups in total. The standard InChI is InChI=1S/C79H154O17P2/c1-8-12-13-14-15-16-17-27-30-39-46-53-60-76(81)89-66-75(96-79(84)63-56-49-42-35-33-38-45-52-59-72(7)11-4)69-94-98(87,88)92-65-73(80)64-91-97(85,86)93-68-74(67-90-77(82)61-54-47-40-34-32-37-44-51-58-71(6)10-3)95-78(83)62-55-48-41-31-28-25-23-21-19-18-20-22-24-26-29-36-43-50-57-70(5)9-2/h70-75,80H,8-69H2,1-7H3,(H,85,86)(H,87,88)/t70?,71?,72?,73-,74-,75-/m1/s1. The molecule has 8 atom stereocenters. The van der Waals surface area contributed by atoms with Crippen molar-refractivity contribution in [2.75, 3.05) is 39.6 Å². The van der Waals surface area contributed by atoms with E-state index in [0.717, 1.165) is 108 Å². The van der Waals surface area contributed by atoms with Crippen LogP contribution in [-0.4, -0.2) is 96.7 Å². The van der Waals surface area contributed by atoms with Crippen molar-refractivity contribution >= 4 is 39.5 Å². The van der Waals surface area contributed by atoms with E-state index in [4.69, 9.17) is 37.0 Å². The lowest BCUT2D eigenvalue weighted by molar-refractivity contribution is -0.161. The predicted octanol–water partition coefficient (Wildman–Crippen LogP) is 23.4. The van der Waals surface area contributed by atoms with Crippen LogP contribution in [0.1, 0.15) is 408 Å². The maximum absolute atomic E-state index is 13.1. The molecule has 0 amide bonds. The van der Waals surface area contributed by atoms with E-state index in [1.54, 1.807) is 0 Å². The largest absolute Gasteiger partial charge is 0.472 e. The van der Waals surface area contributed by atoms with Crippen LogP contribution in [-0.2, 0) is 65.4 Å². The van der Waals surface area contributed by atoms with E-state index in [1.165, 1.54) is 218 Å². The van der Waals surface area contributed by atoms with Crippen LogP contribution in [0.4, 0.5) is 0 Å². The summed E-state index contributed by atoms with van der Waals surface area (Å²) in [5.41, 5.74) is 0. The van der Waals surface area contributed by atoms with E-state index in [0.29, 0.717) is 25.7 Å². The smallest absolute Gasteiger partial charge is 0.462 e. The molecule has 0 aliphatic carbocycles.